The Labute approximate surface area is 205 Å². The first-order chi connectivity index (χ1) is 17.0. The maximum Gasteiger partial charge on any atom is 0.248 e. The molecule has 0 aliphatic carbocycles. The predicted molar refractivity (Wildman–Crippen MR) is 132 cm³/mol. The van der Waals surface area contributed by atoms with Crippen molar-refractivity contribution in [3.63, 3.8) is 0 Å². The third-order valence-corrected chi connectivity index (χ3v) is 7.62. The van der Waals surface area contributed by atoms with E-state index in [0.29, 0.717) is 36.5 Å². The van der Waals surface area contributed by atoms with E-state index in [1.807, 2.05) is 49.5 Å². The normalized spacial score (nSPS) is 22.6. The zero-order chi connectivity index (χ0) is 24.4. The van der Waals surface area contributed by atoms with E-state index in [-0.39, 0.29) is 11.9 Å². The Morgan fingerprint density at radius 1 is 1.11 bits per heavy atom. The average Bonchev–Trinajstić information content (AvgIpc) is 3.49. The Bertz CT molecular complexity index is 1150. The summed E-state index contributed by atoms with van der Waals surface area (Å²) >= 11 is 0. The number of nitrogens with one attached hydrogen (secondary N) is 1. The number of amides is 2. The second-order valence-electron chi connectivity index (χ2n) is 9.84. The van der Waals surface area contributed by atoms with Crippen molar-refractivity contribution >= 4 is 11.8 Å². The largest absolute Gasteiger partial charge is 0.366 e. The molecule has 2 amide bonds. The number of carbonyl (C=O) groups excluding carboxylic acids is 2. The number of nitrogens with zero attached hydrogens (tertiary/aromatic N) is 4. The van der Waals surface area contributed by atoms with Gasteiger partial charge < -0.3 is 10.6 Å². The molecule has 3 unspecified atom stereocenters. The van der Waals surface area contributed by atoms with Gasteiger partial charge in [0.25, 0.3) is 0 Å². The van der Waals surface area contributed by atoms with Gasteiger partial charge in [0, 0.05) is 37.7 Å². The van der Waals surface area contributed by atoms with E-state index in [1.54, 1.807) is 17.2 Å². The predicted octanol–water partition coefficient (Wildman–Crippen LogP) is 3.40. The lowest BCUT2D eigenvalue weighted by Gasteiger charge is -2.43. The van der Waals surface area contributed by atoms with Crippen LogP contribution in [-0.4, -0.2) is 56.2 Å². The van der Waals surface area contributed by atoms with Gasteiger partial charge in [0.1, 0.15) is 5.69 Å². The van der Waals surface area contributed by atoms with E-state index >= 15 is 0 Å². The number of aromatic amines is 1. The van der Waals surface area contributed by atoms with Crippen LogP contribution in [0.3, 0.4) is 0 Å². The molecule has 182 valence electrons. The summed E-state index contributed by atoms with van der Waals surface area (Å²) < 4.78 is 0. The van der Waals surface area contributed by atoms with Gasteiger partial charge in [-0.2, -0.15) is 15.4 Å². The van der Waals surface area contributed by atoms with E-state index in [0.717, 1.165) is 36.9 Å². The van der Waals surface area contributed by atoms with E-state index in [4.69, 9.17) is 5.73 Å². The van der Waals surface area contributed by atoms with E-state index in [1.165, 1.54) is 5.56 Å². The summed E-state index contributed by atoms with van der Waals surface area (Å²) in [7, 11) is 1.86. The van der Waals surface area contributed by atoms with Crippen LogP contribution >= 0.6 is 0 Å². The van der Waals surface area contributed by atoms with Gasteiger partial charge in [-0.25, -0.2) is 0 Å². The van der Waals surface area contributed by atoms with Crippen LogP contribution in [-0.2, 0) is 11.3 Å². The lowest BCUT2D eigenvalue weighted by Crippen LogP contribution is -2.46. The molecule has 3 N–H and O–H groups in total. The fraction of sp³-hybridized carbons (Fsp3) is 0.407. The smallest absolute Gasteiger partial charge is 0.248 e. The van der Waals surface area contributed by atoms with Crippen LogP contribution in [0.4, 0.5) is 0 Å². The van der Waals surface area contributed by atoms with Crippen molar-refractivity contribution in [3.8, 4) is 0 Å². The number of piperidine rings is 1. The zero-order valence-corrected chi connectivity index (χ0v) is 20.0. The fourth-order valence-electron chi connectivity index (χ4n) is 5.94. The molecule has 5 rings (SSSR count). The minimum absolute atomic E-state index is 0.0949. The van der Waals surface area contributed by atoms with Crippen molar-refractivity contribution in [2.75, 3.05) is 7.05 Å². The highest BCUT2D eigenvalue weighted by molar-refractivity contribution is 5.92. The maximum absolute atomic E-state index is 13.3. The van der Waals surface area contributed by atoms with Crippen LogP contribution in [0.25, 0.3) is 0 Å². The van der Waals surface area contributed by atoms with Crippen LogP contribution < -0.4 is 5.73 Å². The van der Waals surface area contributed by atoms with Gasteiger partial charge in [-0.1, -0.05) is 42.5 Å². The van der Waals surface area contributed by atoms with Gasteiger partial charge in [0.15, 0.2) is 0 Å². The molecule has 3 aromatic rings. The van der Waals surface area contributed by atoms with Gasteiger partial charge >= 0.3 is 0 Å². The van der Waals surface area contributed by atoms with E-state index < -0.39 is 5.91 Å². The molecule has 2 saturated heterocycles. The first kappa shape index (κ1) is 23.2. The molecular weight excluding hydrogens is 440 g/mol. The summed E-state index contributed by atoms with van der Waals surface area (Å²) in [5.41, 5.74) is 9.18. The summed E-state index contributed by atoms with van der Waals surface area (Å²) in [6.45, 7) is 0.580. The lowest BCUT2D eigenvalue weighted by atomic mass is 9.83. The number of H-pyrrole nitrogens is 1. The number of fused-ring (bicyclic) bond motifs is 2. The van der Waals surface area contributed by atoms with Gasteiger partial charge in [-0.15, -0.1) is 0 Å². The van der Waals surface area contributed by atoms with Gasteiger partial charge in [0.2, 0.25) is 11.8 Å². The van der Waals surface area contributed by atoms with Crippen LogP contribution in [0.1, 0.15) is 71.2 Å². The van der Waals surface area contributed by atoms with Crippen molar-refractivity contribution < 1.29 is 9.59 Å². The molecule has 0 spiro atoms. The second-order valence-corrected chi connectivity index (χ2v) is 9.84. The topological polar surface area (TPSA) is 108 Å². The molecule has 2 bridgehead atoms. The molecule has 2 aromatic carbocycles. The summed E-state index contributed by atoms with van der Waals surface area (Å²) in [6, 6.07) is 18.4. The third kappa shape index (κ3) is 4.98. The number of aromatic nitrogens is 3. The first-order valence-electron chi connectivity index (χ1n) is 12.3. The zero-order valence-electron chi connectivity index (χ0n) is 20.0. The number of primary amides is 1. The quantitative estimate of drug-likeness (QED) is 0.522. The number of benzene rings is 2. The Balaban J connectivity index is 1.33. The highest BCUT2D eigenvalue weighted by atomic mass is 16.2. The number of hydrogen-bond donors (Lipinski definition) is 2. The summed E-state index contributed by atoms with van der Waals surface area (Å²) in [6.07, 6.45) is 6.28. The minimum atomic E-state index is -0.392. The number of nitrogens with two attached hydrogens (primary N) is 1. The van der Waals surface area contributed by atoms with Gasteiger partial charge in [-0.05, 0) is 54.9 Å². The summed E-state index contributed by atoms with van der Waals surface area (Å²) in [5, 5.41) is 11.2. The second kappa shape index (κ2) is 10.00. The minimum Gasteiger partial charge on any atom is -0.366 e. The molecule has 0 saturated carbocycles. The van der Waals surface area contributed by atoms with Gasteiger partial charge in [0.05, 0.1) is 12.2 Å². The summed E-state index contributed by atoms with van der Waals surface area (Å²) in [5.74, 6) is 0.0755. The fourth-order valence-corrected chi connectivity index (χ4v) is 5.94. The molecule has 8 nitrogen and oxygen atoms in total. The van der Waals surface area contributed by atoms with Crippen molar-refractivity contribution in [3.05, 3.63) is 83.2 Å². The monoisotopic (exact) mass is 472 g/mol. The van der Waals surface area contributed by atoms with Crippen LogP contribution in [0.2, 0.25) is 0 Å². The molecule has 2 aliphatic heterocycles. The molecular formula is C27H32N6O2. The van der Waals surface area contributed by atoms with Crippen molar-refractivity contribution in [2.24, 2.45) is 5.73 Å². The SMILES string of the molecule is CN(Cc1ccccc1)C(=O)CC(c1cn[nH]n1)N1C2CCC1CC(c1cccc(C(N)=O)c1)C2. The van der Waals surface area contributed by atoms with Crippen molar-refractivity contribution in [1.29, 1.82) is 0 Å². The molecule has 3 atom stereocenters. The van der Waals surface area contributed by atoms with Gasteiger partial charge in [-0.3, -0.25) is 14.5 Å². The van der Waals surface area contributed by atoms with Crippen LogP contribution in [0.15, 0.2) is 60.8 Å². The molecule has 0 radical (unpaired) electrons. The Hall–Kier alpha value is -3.52. The lowest BCUT2D eigenvalue weighted by molar-refractivity contribution is -0.132. The maximum atomic E-state index is 13.3. The average molecular weight is 473 g/mol. The molecule has 3 heterocycles. The molecule has 2 aliphatic rings. The Morgan fingerprint density at radius 3 is 2.51 bits per heavy atom. The number of rotatable bonds is 8. The Kier molecular flexibility index (Phi) is 6.63. The van der Waals surface area contributed by atoms with Crippen LogP contribution in [0, 0.1) is 0 Å². The molecule has 2 fully saturated rings. The Morgan fingerprint density at radius 2 is 1.86 bits per heavy atom. The standard InChI is InChI=1S/C27H32N6O2/c1-32(17-18-6-3-2-4-7-18)26(34)15-25(24-16-29-31-30-24)33-22-10-11-23(33)14-21(13-22)19-8-5-9-20(12-19)27(28)35/h2-9,12,16,21-23,25H,10-11,13-15,17H2,1H3,(H2,28,35)(H,29,30,31). The highest BCUT2D eigenvalue weighted by Crippen LogP contribution is 2.47. The van der Waals surface area contributed by atoms with Crippen molar-refractivity contribution in [1.82, 2.24) is 25.2 Å². The third-order valence-electron chi connectivity index (χ3n) is 7.62. The molecule has 35 heavy (non-hydrogen) atoms. The number of carbonyl (C=O) groups is 2. The van der Waals surface area contributed by atoms with E-state index in [2.05, 4.69) is 26.4 Å². The molecule has 1 aromatic heterocycles. The number of hydrogen-bond acceptors (Lipinski definition) is 5. The first-order valence-corrected chi connectivity index (χ1v) is 12.3. The van der Waals surface area contributed by atoms with Crippen molar-refractivity contribution in [2.45, 2.75) is 62.7 Å². The molecule has 8 heteroatoms. The van der Waals surface area contributed by atoms with Crippen LogP contribution in [0.5, 0.6) is 0 Å². The summed E-state index contributed by atoms with van der Waals surface area (Å²) in [4.78, 5) is 29.3. The highest BCUT2D eigenvalue weighted by Gasteiger charge is 2.45. The van der Waals surface area contributed by atoms with E-state index in [9.17, 15) is 9.59 Å².